The molecule has 29 heavy (non-hydrogen) atoms. The first kappa shape index (κ1) is 20.2. The minimum absolute atomic E-state index is 0.0733. The molecule has 0 unspecified atom stereocenters. The molecule has 3 aromatic rings. The molecule has 1 aromatic heterocycles. The third kappa shape index (κ3) is 5.47. The van der Waals surface area contributed by atoms with Crippen LogP contribution in [0.4, 0.5) is 0 Å². The summed E-state index contributed by atoms with van der Waals surface area (Å²) >= 11 is 0. The van der Waals surface area contributed by atoms with Gasteiger partial charge < -0.3 is 4.74 Å². The normalized spacial score (nSPS) is 11.9. The number of carbonyl (C=O) groups excluding carboxylic acids is 1. The van der Waals surface area contributed by atoms with Crippen LogP contribution in [-0.4, -0.2) is 38.4 Å². The van der Waals surface area contributed by atoms with Crippen LogP contribution in [0.3, 0.4) is 0 Å². The first-order valence-electron chi connectivity index (χ1n) is 9.23. The molecule has 1 amide bonds. The summed E-state index contributed by atoms with van der Waals surface area (Å²) in [6.07, 6.45) is 1.51. The fraction of sp³-hybridized carbons (Fsp3) is 0.286. The van der Waals surface area contributed by atoms with Gasteiger partial charge in [0, 0.05) is 0 Å². The maximum Gasteiger partial charge on any atom is 0.277 e. The van der Waals surface area contributed by atoms with Crippen molar-refractivity contribution in [3.8, 4) is 11.4 Å². The van der Waals surface area contributed by atoms with Gasteiger partial charge >= 0.3 is 0 Å². The van der Waals surface area contributed by atoms with Gasteiger partial charge in [-0.1, -0.05) is 45.0 Å². The number of carbonyl (C=O) groups is 1. The molecule has 0 saturated heterocycles. The Bertz CT molecular complexity index is 989. The van der Waals surface area contributed by atoms with Crippen molar-refractivity contribution in [1.29, 1.82) is 0 Å². The van der Waals surface area contributed by atoms with E-state index in [2.05, 4.69) is 46.8 Å². The van der Waals surface area contributed by atoms with Crippen molar-refractivity contribution >= 4 is 11.6 Å². The number of hydrogen-bond acceptors (Lipinski definition) is 6. The monoisotopic (exact) mass is 392 g/mol. The highest BCUT2D eigenvalue weighted by Gasteiger charge is 2.13. The number of tetrazole rings is 1. The molecule has 0 spiro atoms. The quantitative estimate of drug-likeness (QED) is 0.514. The molecule has 8 nitrogen and oxygen atoms in total. The number of rotatable bonds is 6. The predicted molar refractivity (Wildman–Crippen MR) is 110 cm³/mol. The second-order valence-electron chi connectivity index (χ2n) is 7.60. The zero-order chi connectivity index (χ0) is 20.9. The molecule has 1 heterocycles. The van der Waals surface area contributed by atoms with Crippen molar-refractivity contribution in [2.45, 2.75) is 33.1 Å². The molecule has 0 atom stereocenters. The largest absolute Gasteiger partial charge is 0.484 e. The summed E-state index contributed by atoms with van der Waals surface area (Å²) < 4.78 is 7.08. The van der Waals surface area contributed by atoms with Crippen molar-refractivity contribution < 1.29 is 9.53 Å². The lowest BCUT2D eigenvalue weighted by molar-refractivity contribution is -0.123. The van der Waals surface area contributed by atoms with Crippen LogP contribution in [-0.2, 0) is 10.2 Å². The van der Waals surface area contributed by atoms with Crippen molar-refractivity contribution in [3.63, 3.8) is 0 Å². The number of aromatic nitrogens is 4. The SMILES string of the molecule is C/C(=N\NC(=O)COc1ccc(C(C)(C)C)cc1)c1cccc(-n2cnnn2)c1. The smallest absolute Gasteiger partial charge is 0.277 e. The topological polar surface area (TPSA) is 94.3 Å². The van der Waals surface area contributed by atoms with Crippen molar-refractivity contribution in [2.75, 3.05) is 6.61 Å². The van der Waals surface area contributed by atoms with Crippen LogP contribution in [0.1, 0.15) is 38.8 Å². The number of hydrazone groups is 1. The Morgan fingerprint density at radius 2 is 1.93 bits per heavy atom. The molecule has 0 aliphatic rings. The predicted octanol–water partition coefficient (Wildman–Crippen LogP) is 2.88. The standard InChI is InChI=1S/C21H24N6O2/c1-15(16-6-5-7-18(12-16)27-14-22-25-26-27)23-24-20(28)13-29-19-10-8-17(9-11-19)21(2,3)4/h5-12,14H,13H2,1-4H3,(H,24,28)/b23-15+. The molecule has 0 aliphatic carbocycles. The van der Waals surface area contributed by atoms with Crippen molar-refractivity contribution in [2.24, 2.45) is 5.10 Å². The van der Waals surface area contributed by atoms with Gasteiger partial charge in [0.25, 0.3) is 5.91 Å². The van der Waals surface area contributed by atoms with Crippen LogP contribution in [0.5, 0.6) is 5.75 Å². The zero-order valence-electron chi connectivity index (χ0n) is 17.0. The Labute approximate surface area is 169 Å². The molecule has 150 valence electrons. The van der Waals surface area contributed by atoms with E-state index in [4.69, 9.17) is 4.74 Å². The van der Waals surface area contributed by atoms with Gasteiger partial charge in [0.05, 0.1) is 11.4 Å². The molecule has 0 bridgehead atoms. The van der Waals surface area contributed by atoms with Crippen LogP contribution < -0.4 is 10.2 Å². The first-order chi connectivity index (χ1) is 13.8. The minimum atomic E-state index is -0.333. The maximum absolute atomic E-state index is 12.1. The van der Waals surface area contributed by atoms with E-state index in [1.807, 2.05) is 55.5 Å². The average Bonchev–Trinajstić information content (AvgIpc) is 3.25. The Kier molecular flexibility index (Phi) is 6.01. The highest BCUT2D eigenvalue weighted by atomic mass is 16.5. The van der Waals surface area contributed by atoms with Crippen LogP contribution in [0.15, 0.2) is 60.0 Å². The summed E-state index contributed by atoms with van der Waals surface area (Å²) in [6, 6.07) is 15.3. The van der Waals surface area contributed by atoms with E-state index in [9.17, 15) is 4.79 Å². The lowest BCUT2D eigenvalue weighted by Crippen LogP contribution is -2.25. The molecular formula is C21H24N6O2. The molecule has 0 saturated carbocycles. The fourth-order valence-corrected chi connectivity index (χ4v) is 2.60. The zero-order valence-corrected chi connectivity index (χ0v) is 17.0. The van der Waals surface area contributed by atoms with E-state index in [0.717, 1.165) is 11.3 Å². The summed E-state index contributed by atoms with van der Waals surface area (Å²) in [7, 11) is 0. The van der Waals surface area contributed by atoms with Gasteiger partial charge in [-0.2, -0.15) is 5.10 Å². The van der Waals surface area contributed by atoms with Crippen LogP contribution in [0.25, 0.3) is 5.69 Å². The second kappa shape index (κ2) is 8.64. The highest BCUT2D eigenvalue weighted by molar-refractivity contribution is 5.99. The van der Waals surface area contributed by atoms with Crippen LogP contribution >= 0.6 is 0 Å². The van der Waals surface area contributed by atoms with E-state index in [1.165, 1.54) is 11.9 Å². The lowest BCUT2D eigenvalue weighted by atomic mass is 9.87. The Hall–Kier alpha value is -3.55. The Morgan fingerprint density at radius 1 is 1.17 bits per heavy atom. The molecule has 0 aliphatic heterocycles. The second-order valence-corrected chi connectivity index (χ2v) is 7.60. The van der Waals surface area contributed by atoms with E-state index in [0.29, 0.717) is 11.5 Å². The van der Waals surface area contributed by atoms with Gasteiger partial charge in [0.15, 0.2) is 6.61 Å². The Balaban J connectivity index is 1.56. The fourth-order valence-electron chi connectivity index (χ4n) is 2.60. The van der Waals surface area contributed by atoms with Crippen LogP contribution in [0.2, 0.25) is 0 Å². The maximum atomic E-state index is 12.1. The summed E-state index contributed by atoms with van der Waals surface area (Å²) in [5.74, 6) is 0.309. The lowest BCUT2D eigenvalue weighted by Gasteiger charge is -2.19. The first-order valence-corrected chi connectivity index (χ1v) is 9.23. The number of benzene rings is 2. The summed E-state index contributed by atoms with van der Waals surface area (Å²) in [5.41, 5.74) is 6.10. The van der Waals surface area contributed by atoms with Gasteiger partial charge in [-0.3, -0.25) is 4.79 Å². The molecule has 0 radical (unpaired) electrons. The summed E-state index contributed by atoms with van der Waals surface area (Å²) in [4.78, 5) is 12.1. The summed E-state index contributed by atoms with van der Waals surface area (Å²) in [6.45, 7) is 8.14. The number of ether oxygens (including phenoxy) is 1. The Morgan fingerprint density at radius 3 is 2.59 bits per heavy atom. The van der Waals surface area contributed by atoms with Crippen molar-refractivity contribution in [3.05, 3.63) is 66.0 Å². The summed E-state index contributed by atoms with van der Waals surface area (Å²) in [5, 5.41) is 15.3. The number of amides is 1. The van der Waals surface area contributed by atoms with E-state index < -0.39 is 0 Å². The van der Waals surface area contributed by atoms with E-state index >= 15 is 0 Å². The highest BCUT2D eigenvalue weighted by Crippen LogP contribution is 2.24. The molecular weight excluding hydrogens is 368 g/mol. The van der Waals surface area contributed by atoms with Gasteiger partial charge in [-0.25, -0.2) is 10.1 Å². The molecule has 2 aromatic carbocycles. The van der Waals surface area contributed by atoms with E-state index in [1.54, 1.807) is 4.68 Å². The van der Waals surface area contributed by atoms with E-state index in [-0.39, 0.29) is 17.9 Å². The third-order valence-corrected chi connectivity index (χ3v) is 4.32. The molecule has 8 heteroatoms. The third-order valence-electron chi connectivity index (χ3n) is 4.32. The van der Waals surface area contributed by atoms with Gasteiger partial charge in [0.1, 0.15) is 12.1 Å². The molecule has 0 fully saturated rings. The molecule has 3 rings (SSSR count). The number of nitrogens with zero attached hydrogens (tertiary/aromatic N) is 5. The van der Waals surface area contributed by atoms with Gasteiger partial charge in [-0.05, 0) is 58.2 Å². The number of nitrogens with one attached hydrogen (secondary N) is 1. The van der Waals surface area contributed by atoms with Gasteiger partial charge in [-0.15, -0.1) is 5.10 Å². The van der Waals surface area contributed by atoms with Gasteiger partial charge in [0.2, 0.25) is 0 Å². The molecule has 1 N–H and O–H groups in total. The van der Waals surface area contributed by atoms with Crippen LogP contribution in [0, 0.1) is 0 Å². The minimum Gasteiger partial charge on any atom is -0.484 e. The average molecular weight is 392 g/mol. The number of hydrogen-bond donors (Lipinski definition) is 1. The van der Waals surface area contributed by atoms with Crippen molar-refractivity contribution in [1.82, 2.24) is 25.6 Å².